The van der Waals surface area contributed by atoms with Gasteiger partial charge in [-0.15, -0.1) is 0 Å². The van der Waals surface area contributed by atoms with Crippen LogP contribution in [0.1, 0.15) is 11.3 Å². The van der Waals surface area contributed by atoms with Gasteiger partial charge in [0, 0.05) is 6.20 Å². The number of halogens is 1. The third-order valence-corrected chi connectivity index (χ3v) is 3.61. The molecule has 0 N–H and O–H groups in total. The number of ether oxygens (including phenoxy) is 1. The van der Waals surface area contributed by atoms with E-state index in [1.165, 1.54) is 0 Å². The first-order chi connectivity index (χ1) is 9.24. The van der Waals surface area contributed by atoms with Crippen molar-refractivity contribution in [2.24, 2.45) is 0 Å². The summed E-state index contributed by atoms with van der Waals surface area (Å²) in [6.07, 6.45) is 1.98. The second kappa shape index (κ2) is 5.05. The van der Waals surface area contributed by atoms with Crippen molar-refractivity contribution < 1.29 is 4.74 Å². The topological polar surface area (TPSA) is 26.5 Å². The smallest absolute Gasteiger partial charge is 0.138 e. The molecule has 4 heteroatoms. The second-order valence-corrected chi connectivity index (χ2v) is 5.18. The molecule has 0 fully saturated rings. The van der Waals surface area contributed by atoms with Gasteiger partial charge in [-0.25, -0.2) is 4.98 Å². The fourth-order valence-corrected chi connectivity index (χ4v) is 2.40. The van der Waals surface area contributed by atoms with Crippen molar-refractivity contribution in [2.45, 2.75) is 13.5 Å². The maximum absolute atomic E-state index is 5.80. The largest absolute Gasteiger partial charge is 0.487 e. The van der Waals surface area contributed by atoms with E-state index in [4.69, 9.17) is 4.74 Å². The van der Waals surface area contributed by atoms with E-state index in [9.17, 15) is 0 Å². The first kappa shape index (κ1) is 12.2. The third kappa shape index (κ3) is 2.49. The zero-order valence-electron chi connectivity index (χ0n) is 10.5. The van der Waals surface area contributed by atoms with Crippen molar-refractivity contribution in [2.75, 3.05) is 0 Å². The molecule has 0 aliphatic rings. The van der Waals surface area contributed by atoms with Gasteiger partial charge in [0.05, 0.1) is 10.3 Å². The normalized spacial score (nSPS) is 10.8. The average Bonchev–Trinajstić information content (AvgIpc) is 2.82. The highest BCUT2D eigenvalue weighted by Gasteiger charge is 2.05. The molecule has 3 rings (SSSR count). The molecular weight excluding hydrogens is 304 g/mol. The lowest BCUT2D eigenvalue weighted by Gasteiger charge is -2.06. The summed E-state index contributed by atoms with van der Waals surface area (Å²) in [6, 6.07) is 13.9. The van der Waals surface area contributed by atoms with Crippen LogP contribution in [-0.2, 0) is 6.61 Å². The number of aromatic nitrogens is 2. The molecule has 0 amide bonds. The molecule has 0 aliphatic carbocycles. The Balaban J connectivity index is 1.83. The lowest BCUT2D eigenvalue weighted by Crippen LogP contribution is -1.96. The number of hydrogen-bond donors (Lipinski definition) is 0. The number of benzene rings is 1. The predicted octanol–water partition coefficient (Wildman–Crippen LogP) is 3.98. The number of aryl methyl sites for hydroxylation is 1. The molecule has 2 heterocycles. The van der Waals surface area contributed by atoms with Gasteiger partial charge in [-0.2, -0.15) is 0 Å². The maximum atomic E-state index is 5.80. The van der Waals surface area contributed by atoms with E-state index in [-0.39, 0.29) is 0 Å². The average molecular weight is 317 g/mol. The molecule has 1 aromatic carbocycles. The van der Waals surface area contributed by atoms with E-state index >= 15 is 0 Å². The Hall–Kier alpha value is -1.81. The van der Waals surface area contributed by atoms with Crippen LogP contribution in [0.15, 0.2) is 53.3 Å². The van der Waals surface area contributed by atoms with E-state index in [0.717, 1.165) is 27.3 Å². The van der Waals surface area contributed by atoms with Gasteiger partial charge < -0.3 is 4.74 Å². The Morgan fingerprint density at radius 2 is 2.00 bits per heavy atom. The molecule has 0 spiro atoms. The number of hydrogen-bond acceptors (Lipinski definition) is 2. The van der Waals surface area contributed by atoms with Crippen molar-refractivity contribution in [3.05, 3.63) is 64.5 Å². The van der Waals surface area contributed by atoms with E-state index in [1.54, 1.807) is 0 Å². The summed E-state index contributed by atoms with van der Waals surface area (Å²) in [5.41, 5.74) is 2.96. The molecule has 0 bridgehead atoms. The van der Waals surface area contributed by atoms with E-state index < -0.39 is 0 Å². The van der Waals surface area contributed by atoms with Crippen LogP contribution in [0, 0.1) is 6.92 Å². The van der Waals surface area contributed by atoms with Gasteiger partial charge >= 0.3 is 0 Å². The summed E-state index contributed by atoms with van der Waals surface area (Å²) < 4.78 is 8.78. The lowest BCUT2D eigenvalue weighted by molar-refractivity contribution is 0.300. The van der Waals surface area contributed by atoms with Crippen LogP contribution in [0.25, 0.3) is 5.65 Å². The minimum atomic E-state index is 0.471. The summed E-state index contributed by atoms with van der Waals surface area (Å²) >= 11 is 3.50. The monoisotopic (exact) mass is 316 g/mol. The van der Waals surface area contributed by atoms with Crippen molar-refractivity contribution in [1.29, 1.82) is 0 Å². The highest BCUT2D eigenvalue weighted by molar-refractivity contribution is 9.10. The van der Waals surface area contributed by atoms with Crippen molar-refractivity contribution in [3.63, 3.8) is 0 Å². The molecule has 0 aliphatic heterocycles. The number of imidazole rings is 1. The van der Waals surface area contributed by atoms with Crippen LogP contribution >= 0.6 is 15.9 Å². The van der Waals surface area contributed by atoms with Crippen LogP contribution < -0.4 is 4.74 Å². The van der Waals surface area contributed by atoms with Gasteiger partial charge in [0.1, 0.15) is 18.0 Å². The third-order valence-electron chi connectivity index (χ3n) is 2.96. The number of pyridine rings is 1. The highest BCUT2D eigenvalue weighted by atomic mass is 79.9. The first-order valence-corrected chi connectivity index (χ1v) is 6.84. The van der Waals surface area contributed by atoms with Crippen molar-refractivity contribution in [1.82, 2.24) is 9.38 Å². The molecule has 2 aromatic heterocycles. The molecular formula is C15H13BrN2O. The van der Waals surface area contributed by atoms with Gasteiger partial charge in [-0.3, -0.25) is 4.40 Å². The van der Waals surface area contributed by atoms with E-state index in [2.05, 4.69) is 20.9 Å². The SMILES string of the molecule is Cc1ccccc1OCc1cn2c(Br)cccc2n1. The van der Waals surface area contributed by atoms with Crippen molar-refractivity contribution in [3.8, 4) is 5.75 Å². The second-order valence-electron chi connectivity index (χ2n) is 4.36. The number of fused-ring (bicyclic) bond motifs is 1. The molecule has 0 saturated heterocycles. The lowest BCUT2D eigenvalue weighted by atomic mass is 10.2. The summed E-state index contributed by atoms with van der Waals surface area (Å²) in [4.78, 5) is 4.53. The number of para-hydroxylation sites is 1. The fourth-order valence-electron chi connectivity index (χ4n) is 1.97. The van der Waals surface area contributed by atoms with Gasteiger partial charge in [-0.1, -0.05) is 24.3 Å². The molecule has 0 radical (unpaired) electrons. The molecule has 3 aromatic rings. The Morgan fingerprint density at radius 3 is 2.79 bits per heavy atom. The Bertz CT molecular complexity index is 721. The van der Waals surface area contributed by atoms with Crippen LogP contribution in [0.4, 0.5) is 0 Å². The molecule has 96 valence electrons. The predicted molar refractivity (Wildman–Crippen MR) is 78.4 cm³/mol. The van der Waals surface area contributed by atoms with E-state index in [1.807, 2.05) is 60.0 Å². The van der Waals surface area contributed by atoms with Gasteiger partial charge in [0.15, 0.2) is 0 Å². The van der Waals surface area contributed by atoms with Crippen molar-refractivity contribution >= 4 is 21.6 Å². The maximum Gasteiger partial charge on any atom is 0.138 e. The first-order valence-electron chi connectivity index (χ1n) is 6.05. The molecule has 19 heavy (non-hydrogen) atoms. The van der Waals surface area contributed by atoms with Crippen LogP contribution in [0.3, 0.4) is 0 Å². The quantitative estimate of drug-likeness (QED) is 0.683. The number of nitrogens with zero attached hydrogens (tertiary/aromatic N) is 2. The summed E-state index contributed by atoms with van der Waals surface area (Å²) in [5, 5.41) is 0. The molecule has 0 atom stereocenters. The summed E-state index contributed by atoms with van der Waals surface area (Å²) in [6.45, 7) is 2.51. The van der Waals surface area contributed by atoms with Crippen LogP contribution in [-0.4, -0.2) is 9.38 Å². The standard InChI is InChI=1S/C15H13BrN2O/c1-11-5-2-3-6-13(11)19-10-12-9-18-14(16)7-4-8-15(18)17-12/h2-9H,10H2,1H3. The van der Waals surface area contributed by atoms with E-state index in [0.29, 0.717) is 6.61 Å². The Kier molecular flexibility index (Phi) is 3.25. The van der Waals surface area contributed by atoms with Gasteiger partial charge in [0.25, 0.3) is 0 Å². The molecule has 3 nitrogen and oxygen atoms in total. The number of rotatable bonds is 3. The van der Waals surface area contributed by atoms with Crippen LogP contribution in [0.5, 0.6) is 5.75 Å². The van der Waals surface area contributed by atoms with Gasteiger partial charge in [-0.05, 0) is 46.6 Å². The zero-order valence-corrected chi connectivity index (χ0v) is 12.1. The summed E-state index contributed by atoms with van der Waals surface area (Å²) in [7, 11) is 0. The minimum Gasteiger partial charge on any atom is -0.487 e. The molecule has 0 unspecified atom stereocenters. The Morgan fingerprint density at radius 1 is 1.16 bits per heavy atom. The van der Waals surface area contributed by atoms with Crippen LogP contribution in [0.2, 0.25) is 0 Å². The summed E-state index contributed by atoms with van der Waals surface area (Å²) in [5.74, 6) is 0.902. The fraction of sp³-hybridized carbons (Fsp3) is 0.133. The Labute approximate surface area is 120 Å². The minimum absolute atomic E-state index is 0.471. The van der Waals surface area contributed by atoms with Gasteiger partial charge in [0.2, 0.25) is 0 Å². The molecule has 0 saturated carbocycles. The highest BCUT2D eigenvalue weighted by Crippen LogP contribution is 2.19. The zero-order chi connectivity index (χ0) is 13.2.